The maximum Gasteiger partial charge on any atom is 0.316 e. The Morgan fingerprint density at radius 3 is 2.85 bits per heavy atom. The minimum absolute atomic E-state index is 0.0524. The van der Waals surface area contributed by atoms with Gasteiger partial charge in [-0.1, -0.05) is 17.8 Å². The van der Waals surface area contributed by atoms with Gasteiger partial charge in [0, 0.05) is 6.54 Å². The molecule has 0 aromatic heterocycles. The van der Waals surface area contributed by atoms with Crippen LogP contribution in [0.1, 0.15) is 6.92 Å². The minimum atomic E-state index is -0.374. The van der Waals surface area contributed by atoms with E-state index in [2.05, 4.69) is 16.6 Å². The fourth-order valence-corrected chi connectivity index (χ4v) is 1.05. The molecule has 0 heterocycles. The minimum Gasteiger partial charge on any atom is -0.465 e. The van der Waals surface area contributed by atoms with Crippen molar-refractivity contribution in [3.63, 3.8) is 0 Å². The molecule has 0 fully saturated rings. The van der Waals surface area contributed by atoms with Crippen LogP contribution in [0.2, 0.25) is 0 Å². The first-order chi connectivity index (χ1) is 6.20. The number of carbonyl (C=O) groups is 2. The molecule has 0 bridgehead atoms. The largest absolute Gasteiger partial charge is 0.465 e. The molecule has 0 spiro atoms. The number of thioether (sulfide) groups is 1. The zero-order valence-corrected chi connectivity index (χ0v) is 8.36. The molecule has 0 aliphatic rings. The monoisotopic (exact) mass is 203 g/mol. The van der Waals surface area contributed by atoms with Gasteiger partial charge in [-0.15, -0.1) is 6.58 Å². The van der Waals surface area contributed by atoms with Crippen LogP contribution in [0.5, 0.6) is 0 Å². The number of hydrogen-bond donors (Lipinski definition) is 1. The van der Waals surface area contributed by atoms with E-state index in [-0.39, 0.29) is 17.0 Å². The topological polar surface area (TPSA) is 55.4 Å². The van der Waals surface area contributed by atoms with E-state index in [1.165, 1.54) is 0 Å². The zero-order valence-electron chi connectivity index (χ0n) is 7.54. The van der Waals surface area contributed by atoms with E-state index in [1.54, 1.807) is 13.0 Å². The SMILES string of the molecule is C=CCNC(=O)SCC(=O)OCC. The molecule has 0 radical (unpaired) electrons. The Morgan fingerprint density at radius 1 is 1.62 bits per heavy atom. The molecule has 4 nitrogen and oxygen atoms in total. The van der Waals surface area contributed by atoms with Gasteiger partial charge >= 0.3 is 5.97 Å². The highest BCUT2D eigenvalue weighted by molar-refractivity contribution is 8.14. The number of carbonyl (C=O) groups excluding carboxylic acids is 2. The highest BCUT2D eigenvalue weighted by Crippen LogP contribution is 2.01. The van der Waals surface area contributed by atoms with Gasteiger partial charge in [0.05, 0.1) is 6.61 Å². The summed E-state index contributed by atoms with van der Waals surface area (Å²) in [5, 5.41) is 2.29. The molecule has 0 aliphatic carbocycles. The van der Waals surface area contributed by atoms with Crippen molar-refractivity contribution >= 4 is 23.0 Å². The standard InChI is InChI=1S/C8H13NO3S/c1-3-5-9-8(11)13-6-7(10)12-4-2/h3H,1,4-6H2,2H3,(H,9,11). The van der Waals surface area contributed by atoms with E-state index in [9.17, 15) is 9.59 Å². The summed E-state index contributed by atoms with van der Waals surface area (Å²) in [6.07, 6.45) is 1.57. The van der Waals surface area contributed by atoms with Crippen LogP contribution in [-0.2, 0) is 9.53 Å². The molecule has 74 valence electrons. The van der Waals surface area contributed by atoms with Crippen LogP contribution < -0.4 is 5.32 Å². The second-order valence-corrected chi connectivity index (χ2v) is 3.00. The second kappa shape index (κ2) is 7.67. The van der Waals surface area contributed by atoms with E-state index >= 15 is 0 Å². The van der Waals surface area contributed by atoms with Crippen molar-refractivity contribution in [3.05, 3.63) is 12.7 Å². The van der Waals surface area contributed by atoms with Gasteiger partial charge in [-0.3, -0.25) is 9.59 Å². The summed E-state index contributed by atoms with van der Waals surface area (Å²) < 4.78 is 4.64. The van der Waals surface area contributed by atoms with Gasteiger partial charge in [0.25, 0.3) is 5.24 Å². The van der Waals surface area contributed by atoms with Crippen molar-refractivity contribution in [1.82, 2.24) is 5.32 Å². The Labute approximate surface area is 81.7 Å². The molecule has 13 heavy (non-hydrogen) atoms. The van der Waals surface area contributed by atoms with Crippen LogP contribution in [0.15, 0.2) is 12.7 Å². The Kier molecular flexibility index (Phi) is 7.10. The predicted molar refractivity (Wildman–Crippen MR) is 52.7 cm³/mol. The summed E-state index contributed by atoms with van der Waals surface area (Å²) in [4.78, 5) is 21.7. The van der Waals surface area contributed by atoms with Crippen LogP contribution in [-0.4, -0.2) is 30.1 Å². The number of amides is 1. The summed E-state index contributed by atoms with van der Waals surface area (Å²) >= 11 is 0.892. The van der Waals surface area contributed by atoms with Crippen molar-refractivity contribution in [1.29, 1.82) is 0 Å². The number of nitrogens with one attached hydrogen (secondary N) is 1. The first-order valence-corrected chi connectivity index (χ1v) is 4.86. The smallest absolute Gasteiger partial charge is 0.316 e. The summed E-state index contributed by atoms with van der Waals surface area (Å²) in [6.45, 7) is 5.92. The van der Waals surface area contributed by atoms with E-state index in [1.807, 2.05) is 0 Å². The lowest BCUT2D eigenvalue weighted by molar-refractivity contribution is -0.139. The molecule has 0 aromatic carbocycles. The van der Waals surface area contributed by atoms with Gasteiger partial charge in [0.2, 0.25) is 0 Å². The molecule has 0 aliphatic heterocycles. The molecule has 0 aromatic rings. The fourth-order valence-electron chi connectivity index (χ4n) is 0.534. The number of rotatable bonds is 5. The third kappa shape index (κ3) is 7.39. The molecular weight excluding hydrogens is 190 g/mol. The van der Waals surface area contributed by atoms with Gasteiger partial charge in [-0.05, 0) is 6.92 Å². The number of hydrogen-bond acceptors (Lipinski definition) is 4. The molecular formula is C8H13NO3S. The lowest BCUT2D eigenvalue weighted by Crippen LogP contribution is -2.20. The Balaban J connectivity index is 3.45. The third-order valence-electron chi connectivity index (χ3n) is 1.02. The molecule has 0 saturated carbocycles. The summed E-state index contributed by atoms with van der Waals surface area (Å²) in [5.41, 5.74) is 0. The molecule has 0 rings (SSSR count). The molecule has 0 saturated heterocycles. The maximum atomic E-state index is 10.9. The van der Waals surface area contributed by atoms with Gasteiger partial charge in [-0.2, -0.15) is 0 Å². The highest BCUT2D eigenvalue weighted by Gasteiger charge is 2.06. The van der Waals surface area contributed by atoms with Crippen molar-refractivity contribution in [3.8, 4) is 0 Å². The van der Waals surface area contributed by atoms with Crippen molar-refractivity contribution in [2.75, 3.05) is 18.9 Å². The molecule has 0 atom stereocenters. The maximum absolute atomic E-state index is 10.9. The lowest BCUT2D eigenvalue weighted by atomic mass is 10.6. The van der Waals surface area contributed by atoms with E-state index in [4.69, 9.17) is 0 Å². The predicted octanol–water partition coefficient (Wildman–Crippen LogP) is 1.18. The van der Waals surface area contributed by atoms with Crippen LogP contribution in [0, 0.1) is 0 Å². The average Bonchev–Trinajstić information content (AvgIpc) is 2.12. The van der Waals surface area contributed by atoms with Gasteiger partial charge in [0.1, 0.15) is 5.75 Å². The number of ether oxygens (including phenoxy) is 1. The fraction of sp³-hybridized carbons (Fsp3) is 0.500. The van der Waals surface area contributed by atoms with Crippen molar-refractivity contribution < 1.29 is 14.3 Å². The molecule has 5 heteroatoms. The van der Waals surface area contributed by atoms with Gasteiger partial charge < -0.3 is 10.1 Å². The lowest BCUT2D eigenvalue weighted by Gasteiger charge is -2.01. The average molecular weight is 203 g/mol. The highest BCUT2D eigenvalue weighted by atomic mass is 32.2. The summed E-state index contributed by atoms with van der Waals surface area (Å²) in [6, 6.07) is 0. The van der Waals surface area contributed by atoms with Crippen LogP contribution in [0.4, 0.5) is 4.79 Å². The number of esters is 1. The van der Waals surface area contributed by atoms with Crippen LogP contribution >= 0.6 is 11.8 Å². The molecule has 1 N–H and O–H groups in total. The first-order valence-electron chi connectivity index (χ1n) is 3.87. The van der Waals surface area contributed by atoms with Crippen molar-refractivity contribution in [2.45, 2.75) is 6.92 Å². The van der Waals surface area contributed by atoms with Gasteiger partial charge in [0.15, 0.2) is 0 Å². The molecule has 0 unspecified atom stereocenters. The molecule has 1 amide bonds. The summed E-state index contributed by atoms with van der Waals surface area (Å²) in [5.74, 6) is -0.321. The van der Waals surface area contributed by atoms with Crippen molar-refractivity contribution in [2.24, 2.45) is 0 Å². The first kappa shape index (κ1) is 12.0. The third-order valence-corrected chi connectivity index (χ3v) is 1.80. The Hall–Kier alpha value is -0.970. The summed E-state index contributed by atoms with van der Waals surface area (Å²) in [7, 11) is 0. The van der Waals surface area contributed by atoms with Crippen LogP contribution in [0.3, 0.4) is 0 Å². The second-order valence-electron chi connectivity index (χ2n) is 2.05. The normalized spacial score (nSPS) is 9.00. The van der Waals surface area contributed by atoms with Gasteiger partial charge in [-0.25, -0.2) is 0 Å². The van der Waals surface area contributed by atoms with E-state index in [0.29, 0.717) is 13.2 Å². The zero-order chi connectivity index (χ0) is 10.1. The quantitative estimate of drug-likeness (QED) is 0.538. The van der Waals surface area contributed by atoms with Crippen LogP contribution in [0.25, 0.3) is 0 Å². The van der Waals surface area contributed by atoms with E-state index < -0.39 is 0 Å². The Bertz CT molecular complexity index is 194. The van der Waals surface area contributed by atoms with E-state index in [0.717, 1.165) is 11.8 Å². The Morgan fingerprint density at radius 2 is 2.31 bits per heavy atom.